The largest absolute Gasteiger partial charge is 0.507 e. The first-order valence-corrected chi connectivity index (χ1v) is 8.85. The Labute approximate surface area is 156 Å². The number of phenolic OH excluding ortho intramolecular Hbond substituents is 1. The molecule has 1 heterocycles. The molecule has 136 valence electrons. The number of aryl methyl sites for hydroxylation is 2. The van der Waals surface area contributed by atoms with Crippen LogP contribution >= 0.6 is 0 Å². The average molecular weight is 362 g/mol. The third-order valence-corrected chi connectivity index (χ3v) is 4.79. The van der Waals surface area contributed by atoms with Crippen molar-refractivity contribution < 1.29 is 19.3 Å². The molecule has 27 heavy (non-hydrogen) atoms. The molecule has 2 aromatic carbocycles. The summed E-state index contributed by atoms with van der Waals surface area (Å²) in [5, 5.41) is 13.5. The Kier molecular flexibility index (Phi) is 4.24. The van der Waals surface area contributed by atoms with E-state index < -0.39 is 0 Å². The summed E-state index contributed by atoms with van der Waals surface area (Å²) in [7, 11) is 1.97. The van der Waals surface area contributed by atoms with Crippen LogP contribution in [0.1, 0.15) is 38.3 Å². The molecule has 0 atom stereocenters. The van der Waals surface area contributed by atoms with E-state index in [1.54, 1.807) is 30.3 Å². The van der Waals surface area contributed by atoms with Crippen LogP contribution in [-0.2, 0) is 13.6 Å². The number of aromatic nitrogens is 2. The number of phenols is 1. The van der Waals surface area contributed by atoms with E-state index >= 15 is 0 Å². The van der Waals surface area contributed by atoms with Crippen molar-refractivity contribution in [2.24, 2.45) is 7.05 Å². The van der Waals surface area contributed by atoms with Gasteiger partial charge in [0.2, 0.25) is 6.33 Å². The number of ketones is 2. The van der Waals surface area contributed by atoms with Crippen LogP contribution in [0, 0.1) is 0 Å². The van der Waals surface area contributed by atoms with Crippen LogP contribution in [0.5, 0.6) is 5.75 Å². The molecule has 4 rings (SSSR count). The minimum Gasteiger partial charge on any atom is -0.507 e. The fourth-order valence-electron chi connectivity index (χ4n) is 3.47. The lowest BCUT2D eigenvalue weighted by Crippen LogP contribution is -2.32. The summed E-state index contributed by atoms with van der Waals surface area (Å²) < 4.78 is 4.06. The highest BCUT2D eigenvalue weighted by molar-refractivity contribution is 6.31. The number of aromatic hydroxyl groups is 1. The quantitative estimate of drug-likeness (QED) is 0.325. The van der Waals surface area contributed by atoms with Gasteiger partial charge in [-0.3, -0.25) is 9.59 Å². The fraction of sp³-hybridized carbons (Fsp3) is 0.190. The highest BCUT2D eigenvalue weighted by Crippen LogP contribution is 2.36. The Bertz CT molecular complexity index is 1050. The summed E-state index contributed by atoms with van der Waals surface area (Å²) >= 11 is 0. The van der Waals surface area contributed by atoms with Gasteiger partial charge < -0.3 is 10.4 Å². The topological polar surface area (TPSA) is 75.2 Å². The van der Waals surface area contributed by atoms with Gasteiger partial charge in [-0.25, -0.2) is 9.13 Å². The predicted molar refractivity (Wildman–Crippen MR) is 100 cm³/mol. The molecular formula is C21H20N3O3+. The maximum atomic E-state index is 13.0. The first-order chi connectivity index (χ1) is 13.1. The van der Waals surface area contributed by atoms with E-state index in [0.717, 1.165) is 13.0 Å². The fourth-order valence-corrected chi connectivity index (χ4v) is 3.47. The van der Waals surface area contributed by atoms with Gasteiger partial charge >= 0.3 is 0 Å². The summed E-state index contributed by atoms with van der Waals surface area (Å²) in [5.41, 5.74) is 1.63. The van der Waals surface area contributed by atoms with Crippen molar-refractivity contribution in [1.82, 2.24) is 4.57 Å². The Hall–Kier alpha value is -3.41. The van der Waals surface area contributed by atoms with E-state index in [0.29, 0.717) is 23.4 Å². The summed E-state index contributed by atoms with van der Waals surface area (Å²) in [6, 6.07) is 9.85. The molecule has 2 N–H and O–H groups in total. The molecule has 1 aliphatic carbocycles. The maximum Gasteiger partial charge on any atom is 0.243 e. The van der Waals surface area contributed by atoms with Gasteiger partial charge in [0.15, 0.2) is 11.6 Å². The van der Waals surface area contributed by atoms with Crippen molar-refractivity contribution in [1.29, 1.82) is 0 Å². The van der Waals surface area contributed by atoms with Crippen LogP contribution in [0.15, 0.2) is 55.1 Å². The van der Waals surface area contributed by atoms with Gasteiger partial charge in [0.05, 0.1) is 24.7 Å². The molecule has 0 aliphatic heterocycles. The number of fused-ring (bicyclic) bond motifs is 2. The van der Waals surface area contributed by atoms with E-state index in [1.165, 1.54) is 6.07 Å². The predicted octanol–water partition coefficient (Wildman–Crippen LogP) is 2.30. The van der Waals surface area contributed by atoms with Gasteiger partial charge in [0.25, 0.3) is 0 Å². The number of carbonyl (C=O) groups is 2. The number of imidazole rings is 1. The third kappa shape index (κ3) is 2.99. The molecule has 0 unspecified atom stereocenters. The Morgan fingerprint density at radius 1 is 1.04 bits per heavy atom. The first kappa shape index (κ1) is 17.0. The molecule has 0 bridgehead atoms. The standard InChI is InChI=1S/C21H19N3O3/c1-23-11-12-24(13-23)10-4-9-22-16-7-8-17(25)19-18(16)20(26)14-5-2-3-6-15(14)21(19)27/h2-3,5-8,11-13H,4,9-10H2,1H3,(H-,22,25,26,27)/p+1. The van der Waals surface area contributed by atoms with E-state index in [1.807, 2.05) is 30.3 Å². The second-order valence-electron chi connectivity index (χ2n) is 6.68. The van der Waals surface area contributed by atoms with Gasteiger partial charge in [0.1, 0.15) is 18.1 Å². The van der Waals surface area contributed by atoms with Crippen LogP contribution in [0.25, 0.3) is 0 Å². The van der Waals surface area contributed by atoms with E-state index in [9.17, 15) is 14.7 Å². The lowest BCUT2D eigenvalue weighted by molar-refractivity contribution is -0.696. The molecule has 0 amide bonds. The minimum atomic E-state index is -0.318. The normalized spacial score (nSPS) is 12.6. The first-order valence-electron chi connectivity index (χ1n) is 8.85. The number of anilines is 1. The molecule has 0 fully saturated rings. The number of hydrogen-bond donors (Lipinski definition) is 2. The van der Waals surface area contributed by atoms with Crippen LogP contribution in [-0.4, -0.2) is 27.8 Å². The lowest BCUT2D eigenvalue weighted by atomic mass is 9.82. The Morgan fingerprint density at radius 3 is 2.41 bits per heavy atom. The van der Waals surface area contributed by atoms with Crippen LogP contribution in [0.4, 0.5) is 5.69 Å². The smallest absolute Gasteiger partial charge is 0.243 e. The van der Waals surface area contributed by atoms with Crippen LogP contribution in [0.2, 0.25) is 0 Å². The highest BCUT2D eigenvalue weighted by atomic mass is 16.3. The molecule has 1 aromatic heterocycles. The zero-order chi connectivity index (χ0) is 19.0. The molecule has 6 nitrogen and oxygen atoms in total. The van der Waals surface area contributed by atoms with E-state index in [4.69, 9.17) is 0 Å². The lowest BCUT2D eigenvalue weighted by Gasteiger charge is -2.21. The summed E-state index contributed by atoms with van der Waals surface area (Å²) in [6.45, 7) is 1.48. The zero-order valence-corrected chi connectivity index (χ0v) is 15.0. The molecule has 0 saturated carbocycles. The van der Waals surface area contributed by atoms with Crippen molar-refractivity contribution in [2.75, 3.05) is 11.9 Å². The average Bonchev–Trinajstić information content (AvgIpc) is 3.09. The van der Waals surface area contributed by atoms with E-state index in [2.05, 4.69) is 9.88 Å². The van der Waals surface area contributed by atoms with Gasteiger partial charge in [-0.15, -0.1) is 0 Å². The molecule has 0 saturated heterocycles. The zero-order valence-electron chi connectivity index (χ0n) is 15.0. The maximum absolute atomic E-state index is 13.0. The monoisotopic (exact) mass is 362 g/mol. The molecule has 0 radical (unpaired) electrons. The van der Waals surface area contributed by atoms with Crippen molar-refractivity contribution in [3.05, 3.63) is 77.4 Å². The number of nitrogens with zero attached hydrogens (tertiary/aromatic N) is 2. The number of benzene rings is 2. The van der Waals surface area contributed by atoms with Crippen molar-refractivity contribution in [3.63, 3.8) is 0 Å². The number of hydrogen-bond acceptors (Lipinski definition) is 4. The SMILES string of the molecule is Cn1cc[n+](CCCNc2ccc(O)c3c2C(=O)c2ccccc2C3=O)c1. The summed E-state index contributed by atoms with van der Waals surface area (Å²) in [5.74, 6) is -0.722. The van der Waals surface area contributed by atoms with Gasteiger partial charge in [-0.05, 0) is 12.1 Å². The summed E-state index contributed by atoms with van der Waals surface area (Å²) in [6.07, 6.45) is 6.83. The van der Waals surface area contributed by atoms with Crippen LogP contribution < -0.4 is 9.88 Å². The van der Waals surface area contributed by atoms with E-state index in [-0.39, 0.29) is 28.4 Å². The van der Waals surface area contributed by atoms with Gasteiger partial charge in [0, 0.05) is 29.8 Å². The number of rotatable bonds is 5. The minimum absolute atomic E-state index is 0.0844. The molecule has 0 spiro atoms. The Balaban J connectivity index is 1.58. The van der Waals surface area contributed by atoms with Crippen LogP contribution in [0.3, 0.4) is 0 Å². The molecule has 3 aromatic rings. The highest BCUT2D eigenvalue weighted by Gasteiger charge is 2.33. The summed E-state index contributed by atoms with van der Waals surface area (Å²) in [4.78, 5) is 25.8. The molecule has 6 heteroatoms. The Morgan fingerprint density at radius 2 is 1.74 bits per heavy atom. The second-order valence-corrected chi connectivity index (χ2v) is 6.68. The van der Waals surface area contributed by atoms with Gasteiger partial charge in [-0.2, -0.15) is 0 Å². The van der Waals surface area contributed by atoms with Crippen molar-refractivity contribution in [3.8, 4) is 5.75 Å². The second kappa shape index (κ2) is 6.72. The molecule has 1 aliphatic rings. The molecular weight excluding hydrogens is 342 g/mol. The van der Waals surface area contributed by atoms with Crippen molar-refractivity contribution >= 4 is 17.3 Å². The number of nitrogens with one attached hydrogen (secondary N) is 1. The van der Waals surface area contributed by atoms with Gasteiger partial charge in [-0.1, -0.05) is 24.3 Å². The number of carbonyl (C=O) groups excluding carboxylic acids is 2. The van der Waals surface area contributed by atoms with Crippen molar-refractivity contribution in [2.45, 2.75) is 13.0 Å². The third-order valence-electron chi connectivity index (χ3n) is 4.79.